The standard InChI is InChI=1S/C25H30N6O5S2.C24H25N5O6S2.C23H24N6O6S3.C23H24N6O4S4/c1-4-26-25(33)28-23-21(18-7-5-16(2)27-22(18)37-23)24(32)30-9-11-31(12-10-30)38(34,35)17-6-8-19-20(15-17)36-14-13-29(19)3;1-2-25-24(32)27-22-21(16-5-3-4-6-19(16)36-22)23(31)28-9-11-29(12-10-28)37(33,34)15-7-8-18-17(13-15)26-20(30)14-35-18;1-3-25-22(31)27-20-18(14-5-4-6-15(34-2)19(14)37-20)21(30)28-7-9-29(10-8-28)38(32,33)23-26-12-17(36-23)16-11-24-13-35-16;1-3-24-22(31)27-20-19(15-6-4-5-7-17(15)35-20)21(30)28-8-10-29(11-9-28)37(32,33)23-25-12-18(36-23)16-13-34-14(2)26-16/h5-8,15H,4,9-14H2,1-3H3,(H2,26,28,33);3-8,13H,2,9-12,14H2,1H3,(H,26,30)(H2,25,27,32);4-6,11-13H,3,7-10H2,1-2H3,(H2,25,27,31);4-7,12-13H,3,8-11H2,1-2H3,(H2,24,27,31). The van der Waals surface area contributed by atoms with E-state index in [2.05, 4.69) is 72.8 Å². The van der Waals surface area contributed by atoms with Crippen LogP contribution in [0.4, 0.5) is 50.6 Å². The maximum atomic E-state index is 13.7. The second-order valence-electron chi connectivity index (χ2n) is 34.1. The van der Waals surface area contributed by atoms with E-state index < -0.39 is 58.2 Å². The van der Waals surface area contributed by atoms with Gasteiger partial charge < -0.3 is 69.7 Å². The second-order valence-corrected chi connectivity index (χ2v) is 49.4. The summed E-state index contributed by atoms with van der Waals surface area (Å²) in [7, 11) is -11.8. The summed E-state index contributed by atoms with van der Waals surface area (Å²) in [4.78, 5) is 147. The molecular formula is C95H103N23O21S11. The summed E-state index contributed by atoms with van der Waals surface area (Å²) in [6, 6.07) is 31.6. The van der Waals surface area contributed by atoms with Gasteiger partial charge in [0.1, 0.15) is 48.7 Å². The molecule has 55 heteroatoms. The van der Waals surface area contributed by atoms with Crippen molar-refractivity contribution in [2.45, 2.75) is 60.0 Å². The van der Waals surface area contributed by atoms with Gasteiger partial charge in [-0.15, -0.1) is 45.3 Å². The van der Waals surface area contributed by atoms with Crippen LogP contribution in [0.3, 0.4) is 0 Å². The Balaban J connectivity index is 0.000000136. The van der Waals surface area contributed by atoms with Crippen LogP contribution in [-0.2, 0) is 44.9 Å². The van der Waals surface area contributed by atoms with Gasteiger partial charge in [0.25, 0.3) is 49.6 Å². The minimum Gasteiger partial charge on any atom is -0.495 e. The van der Waals surface area contributed by atoms with Crippen molar-refractivity contribution in [3.05, 3.63) is 179 Å². The van der Waals surface area contributed by atoms with Crippen LogP contribution in [0, 0.1) is 13.8 Å². The number of carbonyl (C=O) groups is 9. The lowest BCUT2D eigenvalue weighted by Gasteiger charge is -2.34. The summed E-state index contributed by atoms with van der Waals surface area (Å²) in [6.07, 6.45) is 5.74. The van der Waals surface area contributed by atoms with Gasteiger partial charge in [-0.2, -0.15) is 17.2 Å². The molecule has 0 aliphatic carbocycles. The van der Waals surface area contributed by atoms with Crippen molar-refractivity contribution in [2.75, 3.05) is 196 Å². The fourth-order valence-electron chi connectivity index (χ4n) is 17.0. The number of urea groups is 4. The summed E-state index contributed by atoms with van der Waals surface area (Å²) in [6.45, 7) is 16.6. The first-order valence-corrected chi connectivity index (χ1v) is 58.8. The van der Waals surface area contributed by atoms with Crippen molar-refractivity contribution in [3.8, 4) is 38.5 Å². The van der Waals surface area contributed by atoms with Crippen molar-refractivity contribution >= 4 is 245 Å². The maximum Gasteiger partial charge on any atom is 0.319 e. The monoisotopic (exact) mass is 2250 g/mol. The zero-order valence-corrected chi connectivity index (χ0v) is 90.9. The number of carbonyl (C=O) groups excluding carboxylic acids is 9. The fourth-order valence-corrected chi connectivity index (χ4v) is 30.4. The molecule has 0 bridgehead atoms. The van der Waals surface area contributed by atoms with E-state index in [1.54, 1.807) is 77.0 Å². The quantitative estimate of drug-likeness (QED) is 0.0287. The third-order valence-electron chi connectivity index (χ3n) is 24.5. The Kier molecular flexibility index (Phi) is 33.4. The largest absolute Gasteiger partial charge is 0.495 e. The third-order valence-corrected chi connectivity index (χ3v) is 40.0. The molecule has 9 aromatic heterocycles. The van der Waals surface area contributed by atoms with Gasteiger partial charge in [0, 0.05) is 192 Å². The van der Waals surface area contributed by atoms with Crippen LogP contribution in [0.15, 0.2) is 169 Å². The molecule has 0 radical (unpaired) electrons. The number of thiophene rings is 4. The minimum absolute atomic E-state index is 0.0187. The van der Waals surface area contributed by atoms with Crippen molar-refractivity contribution in [1.29, 1.82) is 0 Å². The number of likely N-dealkylation sites (N-methyl/N-ethyl adjacent to an activating group) is 1. The van der Waals surface area contributed by atoms with E-state index in [4.69, 9.17) is 18.6 Å². The normalized spacial score (nSPS) is 15.4. The van der Waals surface area contributed by atoms with Crippen LogP contribution >= 0.6 is 79.4 Å². The van der Waals surface area contributed by atoms with Crippen LogP contribution in [0.25, 0.3) is 61.7 Å². The number of pyridine rings is 1. The molecule has 15 heterocycles. The van der Waals surface area contributed by atoms with Crippen LogP contribution in [0.2, 0.25) is 0 Å². The number of hydrogen-bond acceptors (Lipinski definition) is 34. The number of fused-ring (bicyclic) bond motifs is 6. The molecule has 13 amide bonds. The number of anilines is 6. The molecule has 5 aromatic carbocycles. The zero-order valence-electron chi connectivity index (χ0n) is 81.9. The Morgan fingerprint density at radius 2 is 0.893 bits per heavy atom. The molecule has 4 fully saturated rings. The van der Waals surface area contributed by atoms with Crippen LogP contribution in [0.1, 0.15) is 79.8 Å². The van der Waals surface area contributed by atoms with Crippen LogP contribution in [-0.4, -0.2) is 314 Å². The molecule has 150 heavy (non-hydrogen) atoms. The van der Waals surface area contributed by atoms with Gasteiger partial charge in [0.05, 0.1) is 94.6 Å². The Morgan fingerprint density at radius 3 is 1.37 bits per heavy atom. The lowest BCUT2D eigenvalue weighted by atomic mass is 10.1. The van der Waals surface area contributed by atoms with E-state index in [0.29, 0.717) is 129 Å². The lowest BCUT2D eigenvalue weighted by Crippen LogP contribution is -2.50. The highest BCUT2D eigenvalue weighted by Crippen LogP contribution is 2.46. The lowest BCUT2D eigenvalue weighted by molar-refractivity contribution is -0.118. The first-order valence-electron chi connectivity index (χ1n) is 47.2. The predicted molar refractivity (Wildman–Crippen MR) is 577 cm³/mol. The summed E-state index contributed by atoms with van der Waals surface area (Å²) >= 11 is 8.75. The number of sulfonamides is 4. The van der Waals surface area contributed by atoms with Gasteiger partial charge in [-0.3, -0.25) is 45.2 Å². The Morgan fingerprint density at radius 1 is 0.447 bits per heavy atom. The van der Waals surface area contributed by atoms with E-state index in [1.165, 1.54) is 117 Å². The molecule has 6 aliphatic rings. The van der Waals surface area contributed by atoms with Crippen molar-refractivity contribution in [1.82, 2.24) is 83.0 Å². The summed E-state index contributed by atoms with van der Waals surface area (Å²) in [5, 5.41) is 31.8. The number of amides is 13. The topological polar surface area (TPSA) is 533 Å². The van der Waals surface area contributed by atoms with Gasteiger partial charge in [-0.25, -0.2) is 77.8 Å². The first kappa shape index (κ1) is 108. The average Bonchev–Trinajstić information content (AvgIpc) is 1.27. The summed E-state index contributed by atoms with van der Waals surface area (Å²) in [5.41, 5.74) is 4.23. The summed E-state index contributed by atoms with van der Waals surface area (Å²) in [5.74, 6) is 0.572. The number of oxazole rings is 1. The molecule has 0 spiro atoms. The maximum absolute atomic E-state index is 13.7. The molecule has 0 unspecified atom stereocenters. The predicted octanol–water partition coefficient (Wildman–Crippen LogP) is 12.6. The molecule has 4 saturated heterocycles. The van der Waals surface area contributed by atoms with E-state index in [-0.39, 0.29) is 165 Å². The van der Waals surface area contributed by atoms with Crippen molar-refractivity contribution < 1.29 is 95.4 Å². The van der Waals surface area contributed by atoms with Crippen molar-refractivity contribution in [2.24, 2.45) is 0 Å². The number of thiazole rings is 3. The number of methoxy groups -OCH3 is 1. The van der Waals surface area contributed by atoms with E-state index in [9.17, 15) is 76.8 Å². The highest BCUT2D eigenvalue weighted by Gasteiger charge is 2.41. The molecule has 9 N–H and O–H groups in total. The van der Waals surface area contributed by atoms with E-state index in [0.717, 1.165) is 76.2 Å². The molecule has 0 atom stereocenters. The van der Waals surface area contributed by atoms with Gasteiger partial charge in [0.2, 0.25) is 28.7 Å². The Bertz CT molecular complexity index is 7980. The van der Waals surface area contributed by atoms with E-state index in [1.807, 2.05) is 106 Å². The molecule has 0 saturated carbocycles. The number of nitrogens with one attached hydrogen (secondary N) is 9. The first-order chi connectivity index (χ1) is 72.1. The number of rotatable bonds is 23. The zero-order chi connectivity index (χ0) is 106. The Hall–Kier alpha value is -13.5. The minimum atomic E-state index is -3.86. The van der Waals surface area contributed by atoms with Crippen LogP contribution in [0.5, 0.6) is 17.2 Å². The van der Waals surface area contributed by atoms with Gasteiger partial charge >= 0.3 is 24.1 Å². The number of benzene rings is 5. The third kappa shape index (κ3) is 23.3. The number of nitrogens with zero attached hydrogens (tertiary/aromatic N) is 14. The van der Waals surface area contributed by atoms with Crippen LogP contribution < -0.4 is 67.0 Å². The highest BCUT2D eigenvalue weighted by molar-refractivity contribution is 7.91. The average molecular weight is 2260 g/mol. The van der Waals surface area contributed by atoms with Gasteiger partial charge in [-0.05, 0) is 102 Å². The van der Waals surface area contributed by atoms with Gasteiger partial charge in [-0.1, -0.05) is 82.5 Å². The fraction of sp³-hybridized carbons (Fsp3) is 0.326. The smallest absolute Gasteiger partial charge is 0.319 e. The molecule has 14 aromatic rings. The number of aromatic nitrogens is 5. The van der Waals surface area contributed by atoms with E-state index >= 15 is 0 Å². The SMILES string of the molecule is CCNC(=O)Nc1sc2c(OC)cccc2c1C(=O)N1CCN(S(=O)(=O)c2ncc(-c3cnco3)s2)CC1.CCNC(=O)Nc1sc2ccccc2c1C(=O)N1CCN(S(=O)(=O)c2ccc3c(c2)NC(=O)CO3)CC1.CCNC(=O)Nc1sc2ccccc2c1C(=O)N1CCN(S(=O)(=O)c2ncc(-c3csc(C)n3)s2)CC1.CCNC(=O)Nc1sc2nc(C)ccc2c1C(=O)N1CCN(S(=O)(=O)c2ccc3c(c2)OCCN3C)CC1. The molecule has 44 nitrogen and oxygen atoms in total. The number of piperazine rings is 4. The summed E-state index contributed by atoms with van der Waals surface area (Å²) < 4.78 is 136. The number of ether oxygens (including phenoxy) is 3. The molecule has 6 aliphatic heterocycles. The Labute approximate surface area is 889 Å². The molecule has 790 valence electrons. The molecule has 20 rings (SSSR count). The molecular weight excluding hydrogens is 2150 g/mol. The van der Waals surface area contributed by atoms with Gasteiger partial charge in [0.15, 0.2) is 18.8 Å². The van der Waals surface area contributed by atoms with Crippen molar-refractivity contribution in [3.63, 3.8) is 0 Å². The second kappa shape index (κ2) is 46.5. The highest BCUT2D eigenvalue weighted by atomic mass is 32.3. The number of aryl methyl sites for hydroxylation is 2. The number of hydrogen-bond donors (Lipinski definition) is 9.